The maximum atomic E-state index is 8.53. The summed E-state index contributed by atoms with van der Waals surface area (Å²) >= 11 is 0. The van der Waals surface area contributed by atoms with Crippen LogP contribution in [0.5, 0.6) is 0 Å². The number of hydrogen-bond acceptors (Lipinski definition) is 36. The van der Waals surface area contributed by atoms with Crippen molar-refractivity contribution < 1.29 is 297 Å². The van der Waals surface area contributed by atoms with Crippen LogP contribution in [0.2, 0.25) is 0 Å². The molecule has 0 aliphatic heterocycles. The van der Waals surface area contributed by atoms with Gasteiger partial charge < -0.3 is 219 Å². The third-order valence-electron chi connectivity index (χ3n) is 0. The van der Waals surface area contributed by atoms with Gasteiger partial charge in [0.05, 0.1) is 7.32 Å². The minimum atomic E-state index is -2.92. The van der Waals surface area contributed by atoms with Gasteiger partial charge >= 0.3 is 144 Å². The van der Waals surface area contributed by atoms with Crippen LogP contribution in [0.3, 0.4) is 0 Å². The Kier molecular flexibility index (Phi) is 374. The Hall–Kier alpha value is 1.55. The summed E-state index contributed by atoms with van der Waals surface area (Å²) in [6, 6.07) is 0. The molecule has 0 aliphatic carbocycles. The molecule has 0 aromatic heterocycles. The van der Waals surface area contributed by atoms with E-state index in [4.69, 9.17) is 181 Å². The Bertz CT molecular complexity index is 249. The molecule has 0 radical (unpaired) electrons. The summed E-state index contributed by atoms with van der Waals surface area (Å²) in [5, 5.41) is 268. The van der Waals surface area contributed by atoms with Gasteiger partial charge in [-0.3, -0.25) is 14.6 Å². The van der Waals surface area contributed by atoms with Gasteiger partial charge in [-0.25, -0.2) is 0 Å². The standard InChI is InChI=1S/9BH3O3.BHO3.2BO3.7H2O.4Zn/c12*2-1(3)4;;;;;;;;;;;/h9*2-4H;2H;;;7*1H2;;;;/q;;;;;;;;;-2;2*-3;;;;;;;;4*+2. The van der Waals surface area contributed by atoms with Crippen molar-refractivity contribution in [3.05, 3.63) is 0 Å². The first-order chi connectivity index (χ1) is 20.8. The van der Waals surface area contributed by atoms with Gasteiger partial charge in [0, 0.05) is 0 Å². The fraction of sp³-hybridized carbons (Fsp3) is 0. The van der Waals surface area contributed by atoms with Crippen LogP contribution in [-0.4, -0.2) is 267 Å². The summed E-state index contributed by atoms with van der Waals surface area (Å²) in [7, 11) is -28.0. The van der Waals surface area contributed by atoms with E-state index in [2.05, 4.69) is 0 Å². The molecule has 0 amide bonds. The van der Waals surface area contributed by atoms with E-state index in [9.17, 15) is 0 Å². The van der Waals surface area contributed by atoms with E-state index in [0.29, 0.717) is 0 Å². The monoisotopic (exact) mass is 1120 g/mol. The van der Waals surface area contributed by atoms with Crippen molar-refractivity contribution in [3.63, 3.8) is 0 Å². The van der Waals surface area contributed by atoms with E-state index < -0.39 is 87.9 Å². The normalized spacial score (nSPS) is 5.49. The maximum Gasteiger partial charge on any atom is 2.00 e. The third-order valence-corrected chi connectivity index (χ3v) is 0. The Balaban J connectivity index is -0.0000000112. The second kappa shape index (κ2) is 145. The molecule has 59 heavy (non-hydrogen) atoms. The number of rotatable bonds is 0. The van der Waals surface area contributed by atoms with Crippen molar-refractivity contribution in [2.75, 3.05) is 0 Å². The van der Waals surface area contributed by atoms with E-state index in [1.54, 1.807) is 0 Å². The van der Waals surface area contributed by atoms with Gasteiger partial charge in [0.25, 0.3) is 0 Å². The van der Waals surface area contributed by atoms with Gasteiger partial charge in [-0.05, 0) is 0 Å². The molecule has 43 nitrogen and oxygen atoms in total. The van der Waals surface area contributed by atoms with Crippen molar-refractivity contribution in [1.82, 2.24) is 0 Å². The molecule has 0 unspecified atom stereocenters. The summed E-state index contributed by atoms with van der Waals surface area (Å²) in [6.45, 7) is 0. The second-order valence-corrected chi connectivity index (χ2v) is 4.00. The van der Waals surface area contributed by atoms with E-state index in [1.165, 1.54) is 0 Å². The Morgan fingerprint density at radius 1 is 0.169 bits per heavy atom. The van der Waals surface area contributed by atoms with Crippen LogP contribution in [0.4, 0.5) is 0 Å². The van der Waals surface area contributed by atoms with Gasteiger partial charge in [-0.15, -0.1) is 0 Å². The van der Waals surface area contributed by atoms with Gasteiger partial charge in [0.2, 0.25) is 0 Å². The quantitative estimate of drug-likeness (QED) is 0.100. The fourth-order valence-electron chi connectivity index (χ4n) is 0. The van der Waals surface area contributed by atoms with E-state index >= 15 is 0 Å². The third kappa shape index (κ3) is 81800. The van der Waals surface area contributed by atoms with Crippen LogP contribution in [0.1, 0.15) is 0 Å². The summed E-state index contributed by atoms with van der Waals surface area (Å²) in [4.78, 5) is 0. The van der Waals surface area contributed by atoms with Crippen molar-refractivity contribution in [2.24, 2.45) is 0 Å². The van der Waals surface area contributed by atoms with Crippen molar-refractivity contribution in [1.29, 1.82) is 0 Å². The molecule has 344 valence electrons. The van der Waals surface area contributed by atoms with Crippen molar-refractivity contribution in [2.45, 2.75) is 0 Å². The topological polar surface area (TPSA) is 971 Å². The van der Waals surface area contributed by atoms with E-state index in [-0.39, 0.29) is 116 Å². The summed E-state index contributed by atoms with van der Waals surface area (Å²) < 4.78 is 0. The van der Waals surface area contributed by atoms with Gasteiger partial charge in [0.1, 0.15) is 0 Å². The molecular weight excluding hydrogens is 1080 g/mol. The predicted octanol–water partition coefficient (Wildman–Crippen LogP) is -35.5. The Morgan fingerprint density at radius 3 is 0.169 bits per heavy atom. The van der Waals surface area contributed by atoms with Crippen LogP contribution in [0, 0.1) is 0 Å². The first-order valence-corrected chi connectivity index (χ1v) is 9.12. The zero-order valence-electron chi connectivity index (χ0n) is 29.0. The predicted molar refractivity (Wildman–Crippen MR) is 156 cm³/mol. The minimum Gasteiger partial charge on any atom is -0.907 e. The molecule has 59 heteroatoms. The molecular formula is H42B12O43Zn4. The zero-order chi connectivity index (χ0) is 42.9. The molecule has 0 saturated heterocycles. The smallest absolute Gasteiger partial charge is 0.907 e. The molecule has 0 atom stereocenters. The molecule has 0 saturated carbocycles. The van der Waals surface area contributed by atoms with Crippen molar-refractivity contribution in [3.8, 4) is 0 Å². The minimum absolute atomic E-state index is 0. The molecule has 42 N–H and O–H groups in total. The fourth-order valence-corrected chi connectivity index (χ4v) is 0. The van der Waals surface area contributed by atoms with Crippen LogP contribution < -0.4 is 40.2 Å². The molecule has 0 aliphatic rings. The molecule has 0 spiro atoms. The van der Waals surface area contributed by atoms with Crippen LogP contribution in [0.25, 0.3) is 0 Å². The average molecular weight is 1120 g/mol. The largest absolute Gasteiger partial charge is 2.00 e. The molecule has 0 aromatic carbocycles. The number of hydrogen-bond donors (Lipinski definition) is 28. The van der Waals surface area contributed by atoms with Crippen molar-refractivity contribution >= 4 is 87.9 Å². The van der Waals surface area contributed by atoms with E-state index in [1.807, 2.05) is 0 Å². The maximum absolute atomic E-state index is 8.53. The molecule has 0 fully saturated rings. The van der Waals surface area contributed by atoms with Gasteiger partial charge in [-0.2, -0.15) is 0 Å². The molecule has 0 aromatic rings. The van der Waals surface area contributed by atoms with Crippen LogP contribution in [0.15, 0.2) is 0 Å². The summed E-state index contributed by atoms with van der Waals surface area (Å²) in [6.07, 6.45) is 0. The second-order valence-electron chi connectivity index (χ2n) is 4.00. The first-order valence-electron chi connectivity index (χ1n) is 9.12. The zero-order valence-corrected chi connectivity index (χ0v) is 40.9. The summed E-state index contributed by atoms with van der Waals surface area (Å²) in [5.74, 6) is 0. The SMILES string of the molecule is O.O.O.O.O.O.O.OB(O)O.OB(O)O.OB(O)O.OB(O)O.OB(O)O.OB(O)O.OB(O)O.OB(O)O.OB(O)O.[O-]B([O-])O.[O-]B([O-])[O-].[O-]B([O-])[O-].[Zn+2].[Zn+2].[Zn+2].[Zn+2]. The average Bonchev–Trinajstić information content (AvgIpc) is 2.61. The first kappa shape index (κ1) is 152. The van der Waals surface area contributed by atoms with Crippen LogP contribution in [-0.2, 0) is 77.9 Å². The molecule has 0 rings (SSSR count). The van der Waals surface area contributed by atoms with E-state index in [0.717, 1.165) is 0 Å². The Labute approximate surface area is 383 Å². The van der Waals surface area contributed by atoms with Gasteiger partial charge in [-0.1, -0.05) is 0 Å². The van der Waals surface area contributed by atoms with Gasteiger partial charge in [0.15, 0.2) is 0 Å². The Morgan fingerprint density at radius 2 is 0.169 bits per heavy atom. The molecule has 0 heterocycles. The molecule has 0 bridgehead atoms. The van der Waals surface area contributed by atoms with Crippen LogP contribution >= 0.6 is 0 Å². The summed E-state index contributed by atoms with van der Waals surface area (Å²) in [5.41, 5.74) is 0.